The summed E-state index contributed by atoms with van der Waals surface area (Å²) in [5.41, 5.74) is 1.38. The van der Waals surface area contributed by atoms with Crippen molar-refractivity contribution in [3.63, 3.8) is 0 Å². The number of ether oxygens (including phenoxy) is 1. The molecule has 0 bridgehead atoms. The van der Waals surface area contributed by atoms with Crippen molar-refractivity contribution in [1.29, 1.82) is 0 Å². The predicted octanol–water partition coefficient (Wildman–Crippen LogP) is 2.53. The number of aromatic hydroxyl groups is 2. The van der Waals surface area contributed by atoms with Gasteiger partial charge >= 0.3 is 5.97 Å². The Bertz CT molecular complexity index is 710. The molecule has 6 nitrogen and oxygen atoms in total. The molecular formula is C19H23NO5. The maximum Gasteiger partial charge on any atom is 0.351 e. The molecule has 1 aromatic carbocycles. The van der Waals surface area contributed by atoms with Gasteiger partial charge in [-0.25, -0.2) is 4.79 Å². The zero-order chi connectivity index (χ0) is 18.6. The van der Waals surface area contributed by atoms with Crippen LogP contribution in [0.5, 0.6) is 11.5 Å². The summed E-state index contributed by atoms with van der Waals surface area (Å²) in [6.07, 6.45) is 3.93. The van der Waals surface area contributed by atoms with Crippen molar-refractivity contribution < 1.29 is 24.9 Å². The predicted molar refractivity (Wildman–Crippen MR) is 94.6 cm³/mol. The molecule has 1 unspecified atom stereocenters. The Balaban J connectivity index is 2.63. The summed E-state index contributed by atoms with van der Waals surface area (Å²) < 4.78 is 5.51. The minimum Gasteiger partial charge on any atom is -0.508 e. The third-order valence-electron chi connectivity index (χ3n) is 4.27. The number of nitrogens with zero attached hydrogens (tertiary/aromatic N) is 1. The number of allylic oxidation sites excluding steroid dienone is 2. The number of morpholine rings is 1. The highest BCUT2D eigenvalue weighted by molar-refractivity contribution is 5.85. The Morgan fingerprint density at radius 2 is 2.00 bits per heavy atom. The van der Waals surface area contributed by atoms with Crippen molar-refractivity contribution in [3.05, 3.63) is 60.3 Å². The lowest BCUT2D eigenvalue weighted by Gasteiger charge is -2.38. The van der Waals surface area contributed by atoms with Crippen molar-refractivity contribution in [2.75, 3.05) is 19.8 Å². The van der Waals surface area contributed by atoms with Crippen LogP contribution in [0.2, 0.25) is 0 Å². The summed E-state index contributed by atoms with van der Waals surface area (Å²) in [6, 6.07) is 0.933. The van der Waals surface area contributed by atoms with Crippen LogP contribution in [-0.2, 0) is 22.4 Å². The Hall–Kier alpha value is -2.73. The molecule has 2 rings (SSSR count). The maximum atomic E-state index is 11.4. The van der Waals surface area contributed by atoms with E-state index in [9.17, 15) is 20.1 Å². The van der Waals surface area contributed by atoms with Gasteiger partial charge in [0.05, 0.1) is 19.3 Å². The van der Waals surface area contributed by atoms with Gasteiger partial charge < -0.3 is 25.0 Å². The van der Waals surface area contributed by atoms with Gasteiger partial charge in [0.25, 0.3) is 0 Å². The Morgan fingerprint density at radius 3 is 2.60 bits per heavy atom. The molecule has 0 aromatic heterocycles. The number of hydrogen-bond donors (Lipinski definition) is 3. The molecular weight excluding hydrogens is 322 g/mol. The molecule has 134 valence electrons. The lowest BCUT2D eigenvalue weighted by Crippen LogP contribution is -2.41. The quantitative estimate of drug-likeness (QED) is 0.400. The van der Waals surface area contributed by atoms with Crippen LogP contribution in [0.1, 0.15) is 22.7 Å². The van der Waals surface area contributed by atoms with Crippen molar-refractivity contribution in [1.82, 2.24) is 4.90 Å². The van der Waals surface area contributed by atoms with Gasteiger partial charge in [-0.05, 0) is 18.9 Å². The van der Waals surface area contributed by atoms with Crippen LogP contribution < -0.4 is 0 Å². The molecule has 0 amide bonds. The highest BCUT2D eigenvalue weighted by Gasteiger charge is 2.33. The molecule has 1 aliphatic heterocycles. The van der Waals surface area contributed by atoms with Gasteiger partial charge in [-0.1, -0.05) is 18.7 Å². The van der Waals surface area contributed by atoms with Gasteiger partial charge in [-0.15, -0.1) is 13.2 Å². The number of aliphatic carboxylic acids is 1. The number of phenolic OH excluding ortho intramolecular Hbond substituents is 2. The zero-order valence-corrected chi connectivity index (χ0v) is 14.1. The van der Waals surface area contributed by atoms with Crippen LogP contribution in [0.4, 0.5) is 0 Å². The molecule has 1 aromatic rings. The molecule has 1 aliphatic rings. The summed E-state index contributed by atoms with van der Waals surface area (Å²) in [6.45, 7) is 11.8. The summed E-state index contributed by atoms with van der Waals surface area (Å²) in [5.74, 6) is -1.10. The number of phenols is 2. The van der Waals surface area contributed by atoms with Gasteiger partial charge in [0.2, 0.25) is 0 Å². The average Bonchev–Trinajstić information content (AvgIpc) is 2.59. The molecule has 6 heteroatoms. The minimum atomic E-state index is -1.14. The van der Waals surface area contributed by atoms with Crippen molar-refractivity contribution >= 4 is 5.97 Å². The van der Waals surface area contributed by atoms with Gasteiger partial charge in [-0.3, -0.25) is 0 Å². The largest absolute Gasteiger partial charge is 0.508 e. The number of hydrogen-bond acceptors (Lipinski definition) is 5. The Morgan fingerprint density at radius 1 is 1.32 bits per heavy atom. The fourth-order valence-electron chi connectivity index (χ4n) is 3.09. The highest BCUT2D eigenvalue weighted by Crippen LogP contribution is 2.42. The van der Waals surface area contributed by atoms with E-state index in [1.807, 2.05) is 0 Å². The van der Waals surface area contributed by atoms with E-state index in [4.69, 9.17) is 4.74 Å². The van der Waals surface area contributed by atoms with E-state index in [2.05, 4.69) is 19.7 Å². The topological polar surface area (TPSA) is 90.2 Å². The van der Waals surface area contributed by atoms with Crippen LogP contribution in [0.3, 0.4) is 0 Å². The average molecular weight is 345 g/mol. The standard InChI is InChI=1S/C19H23NO5/c1-4-6-13-10-16(21)14(7-5-2)17(18(13)22)15-11-25-9-8-20(15)12(3)19(23)24/h4-5,10,15,21-22H,1-3,6-9,11H2,(H,23,24). The van der Waals surface area contributed by atoms with Gasteiger partial charge in [0.1, 0.15) is 17.2 Å². The number of carboxylic acids is 1. The molecule has 0 aliphatic carbocycles. The fraction of sp³-hybridized carbons (Fsp3) is 0.316. The van der Waals surface area contributed by atoms with Crippen LogP contribution in [0.25, 0.3) is 0 Å². The number of carbonyl (C=O) groups is 1. The van der Waals surface area contributed by atoms with Gasteiger partial charge in [0, 0.05) is 23.2 Å². The van der Waals surface area contributed by atoms with Gasteiger partial charge in [-0.2, -0.15) is 0 Å². The SMILES string of the molecule is C=CCc1cc(O)c(CC=C)c(C2COCCN2C(=C)C(=O)O)c1O. The monoisotopic (exact) mass is 345 g/mol. The van der Waals surface area contributed by atoms with E-state index in [1.54, 1.807) is 17.1 Å². The van der Waals surface area contributed by atoms with Crippen LogP contribution in [-0.4, -0.2) is 45.9 Å². The van der Waals surface area contributed by atoms with Gasteiger partial charge in [0.15, 0.2) is 0 Å². The molecule has 0 saturated carbocycles. The molecule has 25 heavy (non-hydrogen) atoms. The molecule has 1 saturated heterocycles. The third kappa shape index (κ3) is 3.69. The van der Waals surface area contributed by atoms with E-state index < -0.39 is 12.0 Å². The molecule has 1 heterocycles. The second-order valence-corrected chi connectivity index (χ2v) is 5.82. The number of carboxylic acid groups (broad SMARTS) is 1. The summed E-state index contributed by atoms with van der Waals surface area (Å²) in [7, 11) is 0. The Labute approximate surface area is 147 Å². The zero-order valence-electron chi connectivity index (χ0n) is 14.1. The maximum absolute atomic E-state index is 11.4. The lowest BCUT2D eigenvalue weighted by molar-refractivity contribution is -0.135. The van der Waals surface area contributed by atoms with Crippen LogP contribution in [0, 0.1) is 0 Å². The first kappa shape index (κ1) is 18.6. The molecule has 1 fully saturated rings. The van der Waals surface area contributed by atoms with E-state index >= 15 is 0 Å². The van der Waals surface area contributed by atoms with E-state index in [0.29, 0.717) is 42.7 Å². The second-order valence-electron chi connectivity index (χ2n) is 5.82. The summed E-state index contributed by atoms with van der Waals surface area (Å²) >= 11 is 0. The van der Waals surface area contributed by atoms with Crippen molar-refractivity contribution in [3.8, 4) is 11.5 Å². The fourth-order valence-corrected chi connectivity index (χ4v) is 3.09. The normalized spacial score (nSPS) is 17.1. The van der Waals surface area contributed by atoms with E-state index in [0.717, 1.165) is 0 Å². The summed E-state index contributed by atoms with van der Waals surface area (Å²) in [4.78, 5) is 13.0. The highest BCUT2D eigenvalue weighted by atomic mass is 16.5. The smallest absolute Gasteiger partial charge is 0.351 e. The lowest BCUT2D eigenvalue weighted by atomic mass is 9.91. The second kappa shape index (κ2) is 7.90. The molecule has 0 spiro atoms. The number of rotatable bonds is 7. The third-order valence-corrected chi connectivity index (χ3v) is 4.27. The molecule has 3 N–H and O–H groups in total. The first-order valence-corrected chi connectivity index (χ1v) is 7.97. The molecule has 0 radical (unpaired) electrons. The minimum absolute atomic E-state index is 0.00763. The van der Waals surface area contributed by atoms with E-state index in [-0.39, 0.29) is 23.8 Å². The summed E-state index contributed by atoms with van der Waals surface area (Å²) in [5, 5.41) is 30.5. The molecule has 1 atom stereocenters. The first-order chi connectivity index (χ1) is 11.9. The first-order valence-electron chi connectivity index (χ1n) is 7.97. The van der Waals surface area contributed by atoms with Crippen LogP contribution >= 0.6 is 0 Å². The number of benzene rings is 1. The van der Waals surface area contributed by atoms with Crippen molar-refractivity contribution in [2.24, 2.45) is 0 Å². The Kier molecular flexibility index (Phi) is 5.88. The van der Waals surface area contributed by atoms with Crippen molar-refractivity contribution in [2.45, 2.75) is 18.9 Å². The van der Waals surface area contributed by atoms with E-state index in [1.165, 1.54) is 6.07 Å². The van der Waals surface area contributed by atoms with Crippen LogP contribution in [0.15, 0.2) is 43.7 Å².